The molecule has 2 heterocycles. The van der Waals surface area contributed by atoms with Crippen LogP contribution in [0.4, 0.5) is 0 Å². The van der Waals surface area contributed by atoms with Crippen LogP contribution in [0.15, 0.2) is 42.9 Å². The molecule has 3 rings (SSSR count). The third-order valence-corrected chi connectivity index (χ3v) is 3.00. The van der Waals surface area contributed by atoms with Gasteiger partial charge in [-0.3, -0.25) is 4.98 Å². The summed E-state index contributed by atoms with van der Waals surface area (Å²) in [4.78, 5) is 15.1. The Bertz CT molecular complexity index is 772. The number of aryl methyl sites for hydroxylation is 1. The summed E-state index contributed by atoms with van der Waals surface area (Å²) >= 11 is 0. The van der Waals surface area contributed by atoms with Crippen LogP contribution in [0.2, 0.25) is 0 Å². The molecule has 1 aromatic carbocycles. The first-order valence-electron chi connectivity index (χ1n) is 5.79. The summed E-state index contributed by atoms with van der Waals surface area (Å²) in [5, 5.41) is 15.2. The Morgan fingerprint density at radius 2 is 2.16 bits per heavy atom. The molecular formula is C14H11N3O2. The highest BCUT2D eigenvalue weighted by Gasteiger charge is 2.14. The molecule has 0 aliphatic heterocycles. The van der Waals surface area contributed by atoms with Crippen molar-refractivity contribution in [2.45, 2.75) is 6.92 Å². The van der Waals surface area contributed by atoms with Crippen LogP contribution in [-0.4, -0.2) is 25.8 Å². The molecule has 0 saturated carbocycles. The topological polar surface area (TPSA) is 68.0 Å². The van der Waals surface area contributed by atoms with Gasteiger partial charge in [0.05, 0.1) is 5.69 Å². The first-order chi connectivity index (χ1) is 9.16. The molecule has 94 valence electrons. The lowest BCUT2D eigenvalue weighted by atomic mass is 10.1. The lowest BCUT2D eigenvalue weighted by Gasteiger charge is -2.05. The summed E-state index contributed by atoms with van der Waals surface area (Å²) in [5.74, 6) is -1.02. The molecule has 0 unspecified atom stereocenters. The number of carboxylic acids is 1. The summed E-state index contributed by atoms with van der Waals surface area (Å²) in [5.41, 5.74) is 1.56. The third-order valence-electron chi connectivity index (χ3n) is 3.00. The molecule has 0 spiro atoms. The third kappa shape index (κ3) is 1.85. The number of fused-ring (bicyclic) bond motifs is 1. The summed E-state index contributed by atoms with van der Waals surface area (Å²) in [6, 6.07) is 7.65. The fourth-order valence-corrected chi connectivity index (χ4v) is 2.10. The Balaban J connectivity index is 2.25. The lowest BCUT2D eigenvalue weighted by Crippen LogP contribution is -2.02. The van der Waals surface area contributed by atoms with Crippen LogP contribution in [0.5, 0.6) is 0 Å². The average Bonchev–Trinajstić information content (AvgIpc) is 2.80. The summed E-state index contributed by atoms with van der Waals surface area (Å²) < 4.78 is 1.60. The predicted octanol–water partition coefficient (Wildman–Crippen LogP) is 2.43. The van der Waals surface area contributed by atoms with Crippen LogP contribution in [0.3, 0.4) is 0 Å². The molecule has 5 nitrogen and oxygen atoms in total. The number of carboxylic acid groups (broad SMARTS) is 1. The normalized spacial score (nSPS) is 10.8. The van der Waals surface area contributed by atoms with Crippen molar-refractivity contribution in [3.05, 3.63) is 54.1 Å². The fourth-order valence-electron chi connectivity index (χ4n) is 2.10. The molecule has 0 atom stereocenters. The predicted molar refractivity (Wildman–Crippen MR) is 70.6 cm³/mol. The number of hydrogen-bond donors (Lipinski definition) is 1. The smallest absolute Gasteiger partial charge is 0.356 e. The molecule has 0 radical (unpaired) electrons. The van der Waals surface area contributed by atoms with Gasteiger partial charge in [-0.2, -0.15) is 5.10 Å². The van der Waals surface area contributed by atoms with E-state index in [2.05, 4.69) is 10.1 Å². The van der Waals surface area contributed by atoms with E-state index in [4.69, 9.17) is 5.11 Å². The number of rotatable bonds is 2. The van der Waals surface area contributed by atoms with Gasteiger partial charge in [0.2, 0.25) is 0 Å². The maximum Gasteiger partial charge on any atom is 0.356 e. The Hall–Kier alpha value is -2.69. The second-order valence-corrected chi connectivity index (χ2v) is 4.28. The van der Waals surface area contributed by atoms with E-state index in [1.54, 1.807) is 30.2 Å². The van der Waals surface area contributed by atoms with E-state index in [-0.39, 0.29) is 5.69 Å². The molecular weight excluding hydrogens is 242 g/mol. The summed E-state index contributed by atoms with van der Waals surface area (Å²) in [6.45, 7) is 1.74. The molecule has 1 N–H and O–H groups in total. The van der Waals surface area contributed by atoms with Crippen molar-refractivity contribution >= 4 is 16.7 Å². The minimum Gasteiger partial charge on any atom is -0.476 e. The van der Waals surface area contributed by atoms with Crippen LogP contribution < -0.4 is 0 Å². The Labute approximate surface area is 109 Å². The molecule has 3 aromatic rings. The minimum absolute atomic E-state index is 0.0751. The average molecular weight is 253 g/mol. The van der Waals surface area contributed by atoms with Crippen molar-refractivity contribution in [1.29, 1.82) is 0 Å². The quantitative estimate of drug-likeness (QED) is 0.761. The van der Waals surface area contributed by atoms with Gasteiger partial charge in [0.1, 0.15) is 0 Å². The van der Waals surface area contributed by atoms with Crippen LogP contribution in [0, 0.1) is 6.92 Å². The monoisotopic (exact) mass is 253 g/mol. The van der Waals surface area contributed by atoms with E-state index in [1.165, 1.54) is 0 Å². The van der Waals surface area contributed by atoms with E-state index in [0.29, 0.717) is 5.56 Å². The van der Waals surface area contributed by atoms with Gasteiger partial charge in [-0.25, -0.2) is 9.48 Å². The molecule has 0 bridgehead atoms. The number of carbonyl (C=O) groups is 1. The SMILES string of the molecule is Cc1cn(-c2cccc3cnccc23)nc1C(=O)O. The summed E-state index contributed by atoms with van der Waals surface area (Å²) in [6.07, 6.45) is 5.20. The first kappa shape index (κ1) is 11.4. The van der Waals surface area contributed by atoms with Crippen molar-refractivity contribution in [3.8, 4) is 5.69 Å². The van der Waals surface area contributed by atoms with Crippen molar-refractivity contribution in [1.82, 2.24) is 14.8 Å². The maximum absolute atomic E-state index is 11.0. The van der Waals surface area contributed by atoms with Gasteiger partial charge in [-0.1, -0.05) is 12.1 Å². The van der Waals surface area contributed by atoms with Crippen molar-refractivity contribution < 1.29 is 9.90 Å². The Morgan fingerprint density at radius 3 is 2.89 bits per heavy atom. The van der Waals surface area contributed by atoms with Gasteiger partial charge in [-0.15, -0.1) is 0 Å². The highest BCUT2D eigenvalue weighted by atomic mass is 16.4. The van der Waals surface area contributed by atoms with Crippen LogP contribution in [0.1, 0.15) is 16.1 Å². The van der Waals surface area contributed by atoms with E-state index < -0.39 is 5.97 Å². The Morgan fingerprint density at radius 1 is 1.32 bits per heavy atom. The maximum atomic E-state index is 11.0. The van der Waals surface area contributed by atoms with Gasteiger partial charge in [0.15, 0.2) is 5.69 Å². The zero-order chi connectivity index (χ0) is 13.4. The highest BCUT2D eigenvalue weighted by Crippen LogP contribution is 2.21. The number of hydrogen-bond acceptors (Lipinski definition) is 3. The lowest BCUT2D eigenvalue weighted by molar-refractivity contribution is 0.0689. The number of pyridine rings is 1. The molecule has 0 fully saturated rings. The van der Waals surface area contributed by atoms with Gasteiger partial charge >= 0.3 is 5.97 Å². The second-order valence-electron chi connectivity index (χ2n) is 4.28. The largest absolute Gasteiger partial charge is 0.476 e. The molecule has 0 saturated heterocycles. The van der Waals surface area contributed by atoms with Gasteiger partial charge in [0.25, 0.3) is 0 Å². The van der Waals surface area contributed by atoms with E-state index >= 15 is 0 Å². The van der Waals surface area contributed by atoms with Crippen molar-refractivity contribution in [2.75, 3.05) is 0 Å². The van der Waals surface area contributed by atoms with Crippen molar-refractivity contribution in [3.63, 3.8) is 0 Å². The number of benzene rings is 1. The zero-order valence-electron chi connectivity index (χ0n) is 10.2. The standard InChI is InChI=1S/C14H11N3O2/c1-9-8-17(16-13(9)14(18)19)12-4-2-3-10-7-15-6-5-11(10)12/h2-8H,1H3,(H,18,19). The number of aromatic carboxylic acids is 1. The van der Waals surface area contributed by atoms with E-state index in [0.717, 1.165) is 16.5 Å². The van der Waals surface area contributed by atoms with Gasteiger partial charge in [0, 0.05) is 34.9 Å². The summed E-state index contributed by atoms with van der Waals surface area (Å²) in [7, 11) is 0. The molecule has 0 amide bonds. The van der Waals surface area contributed by atoms with E-state index in [1.807, 2.05) is 24.3 Å². The molecule has 0 aliphatic rings. The number of aromatic nitrogens is 3. The second kappa shape index (κ2) is 4.20. The van der Waals surface area contributed by atoms with Gasteiger partial charge < -0.3 is 5.11 Å². The molecule has 19 heavy (non-hydrogen) atoms. The Kier molecular flexibility index (Phi) is 2.52. The molecule has 5 heteroatoms. The van der Waals surface area contributed by atoms with Crippen molar-refractivity contribution in [2.24, 2.45) is 0 Å². The van der Waals surface area contributed by atoms with Crippen LogP contribution >= 0.6 is 0 Å². The highest BCUT2D eigenvalue weighted by molar-refractivity contribution is 5.90. The number of nitrogens with zero attached hydrogens (tertiary/aromatic N) is 3. The van der Waals surface area contributed by atoms with Crippen LogP contribution in [0.25, 0.3) is 16.5 Å². The fraction of sp³-hybridized carbons (Fsp3) is 0.0714. The molecule has 2 aromatic heterocycles. The van der Waals surface area contributed by atoms with Gasteiger partial charge in [-0.05, 0) is 19.1 Å². The van der Waals surface area contributed by atoms with E-state index in [9.17, 15) is 4.79 Å². The zero-order valence-corrected chi connectivity index (χ0v) is 10.2. The van der Waals surface area contributed by atoms with Crippen LogP contribution in [-0.2, 0) is 0 Å². The first-order valence-corrected chi connectivity index (χ1v) is 5.79. The molecule has 0 aliphatic carbocycles. The minimum atomic E-state index is -1.02.